The summed E-state index contributed by atoms with van der Waals surface area (Å²) in [5.74, 6) is -0.514. The van der Waals surface area contributed by atoms with Crippen molar-refractivity contribution in [1.82, 2.24) is 14.8 Å². The van der Waals surface area contributed by atoms with E-state index >= 15 is 0 Å². The van der Waals surface area contributed by atoms with Crippen LogP contribution in [0, 0.1) is 0 Å². The van der Waals surface area contributed by atoms with Gasteiger partial charge in [0.2, 0.25) is 0 Å². The van der Waals surface area contributed by atoms with Gasteiger partial charge in [-0.3, -0.25) is 14.5 Å². The van der Waals surface area contributed by atoms with Crippen LogP contribution in [0.1, 0.15) is 33.6 Å². The van der Waals surface area contributed by atoms with Crippen molar-refractivity contribution in [1.29, 1.82) is 0 Å². The molecular formula is C29H28Cl2N4O3. The number of aromatic amines is 1. The van der Waals surface area contributed by atoms with Crippen LogP contribution in [-0.2, 0) is 4.74 Å². The number of carbonyl (C=O) groups excluding carboxylic acids is 2. The molecule has 3 heterocycles. The molecule has 2 fully saturated rings. The number of hydrogen-bond acceptors (Lipinski definition) is 4. The molecule has 7 nitrogen and oxygen atoms in total. The van der Waals surface area contributed by atoms with Crippen LogP contribution < -0.4 is 5.73 Å². The van der Waals surface area contributed by atoms with E-state index in [9.17, 15) is 9.59 Å². The zero-order valence-electron chi connectivity index (χ0n) is 20.8. The number of fused-ring (bicyclic) bond motifs is 3. The molecule has 0 bridgehead atoms. The summed E-state index contributed by atoms with van der Waals surface area (Å²) in [5.41, 5.74) is 9.84. The lowest BCUT2D eigenvalue weighted by molar-refractivity contribution is 0.00159. The Morgan fingerprint density at radius 3 is 2.34 bits per heavy atom. The summed E-state index contributed by atoms with van der Waals surface area (Å²) in [4.78, 5) is 33.7. The maximum Gasteiger partial charge on any atom is 0.253 e. The zero-order valence-corrected chi connectivity index (χ0v) is 22.3. The number of nitrogens with one attached hydrogen (secondary N) is 1. The third-order valence-electron chi connectivity index (χ3n) is 7.79. The number of benzene rings is 3. The lowest BCUT2D eigenvalue weighted by Crippen LogP contribution is -2.50. The van der Waals surface area contributed by atoms with Crippen LogP contribution in [0.4, 0.5) is 0 Å². The van der Waals surface area contributed by atoms with Crippen LogP contribution in [0.15, 0.2) is 48.5 Å². The predicted molar refractivity (Wildman–Crippen MR) is 151 cm³/mol. The van der Waals surface area contributed by atoms with E-state index in [1.54, 1.807) is 18.2 Å². The molecule has 3 aromatic carbocycles. The average molecular weight is 551 g/mol. The Kier molecular flexibility index (Phi) is 6.78. The Bertz CT molecular complexity index is 1550. The standard InChI is InChI=1S/C29H28Cl2N4O3/c30-24-3-1-17(16-25(24)31)19-14-22-21-13-18(2-4-26(21)33-27(22)23(15-19)28(32)36)29(37)35-7-5-20(6-8-35)34-9-11-38-12-10-34/h1-4,13-16,20,33H,5-12H2,(H2,32,36). The SMILES string of the molecule is NC(=O)c1cc(-c2ccc(Cl)c(Cl)c2)cc2c1[nH]c1ccc(C(=O)N3CCC(N4CCOCC4)CC3)cc12. The molecule has 0 atom stereocenters. The van der Waals surface area contributed by atoms with Gasteiger partial charge in [0.25, 0.3) is 11.8 Å². The van der Waals surface area contributed by atoms with Gasteiger partial charge < -0.3 is 20.4 Å². The van der Waals surface area contributed by atoms with Crippen molar-refractivity contribution in [3.8, 4) is 11.1 Å². The predicted octanol–water partition coefficient (Wildman–Crippen LogP) is 5.33. The molecule has 38 heavy (non-hydrogen) atoms. The summed E-state index contributed by atoms with van der Waals surface area (Å²) in [6, 6.07) is 15.2. The number of primary amides is 1. The second kappa shape index (κ2) is 10.2. The first-order valence-electron chi connectivity index (χ1n) is 12.8. The molecule has 4 aromatic rings. The number of halogens is 2. The topological polar surface area (TPSA) is 91.7 Å². The fourth-order valence-corrected chi connectivity index (χ4v) is 6.03. The highest BCUT2D eigenvalue weighted by molar-refractivity contribution is 6.42. The number of ether oxygens (including phenoxy) is 1. The Morgan fingerprint density at radius 1 is 0.868 bits per heavy atom. The van der Waals surface area contributed by atoms with Gasteiger partial charge >= 0.3 is 0 Å². The molecule has 2 aliphatic rings. The minimum absolute atomic E-state index is 0.0254. The molecule has 0 unspecified atom stereocenters. The number of likely N-dealkylation sites (tertiary alicyclic amines) is 1. The first-order valence-corrected chi connectivity index (χ1v) is 13.6. The third-order valence-corrected chi connectivity index (χ3v) is 8.53. The number of nitrogens with zero attached hydrogens (tertiary/aromatic N) is 2. The summed E-state index contributed by atoms with van der Waals surface area (Å²) < 4.78 is 5.48. The van der Waals surface area contributed by atoms with Crippen LogP contribution >= 0.6 is 23.2 Å². The Balaban J connectivity index is 1.33. The second-order valence-electron chi connectivity index (χ2n) is 10.00. The van der Waals surface area contributed by atoms with Crippen molar-refractivity contribution in [3.05, 3.63) is 69.7 Å². The van der Waals surface area contributed by atoms with Crippen LogP contribution in [0.25, 0.3) is 32.9 Å². The maximum absolute atomic E-state index is 13.5. The van der Waals surface area contributed by atoms with Gasteiger partial charge in [0.1, 0.15) is 0 Å². The summed E-state index contributed by atoms with van der Waals surface area (Å²) in [6.07, 6.45) is 1.94. The average Bonchev–Trinajstić information content (AvgIpc) is 3.32. The fourth-order valence-electron chi connectivity index (χ4n) is 5.73. The highest BCUT2D eigenvalue weighted by Crippen LogP contribution is 2.35. The van der Waals surface area contributed by atoms with Gasteiger partial charge in [0.15, 0.2) is 0 Å². The van der Waals surface area contributed by atoms with Gasteiger partial charge in [0.05, 0.1) is 34.3 Å². The molecule has 0 spiro atoms. The van der Waals surface area contributed by atoms with E-state index in [0.29, 0.717) is 32.7 Å². The highest BCUT2D eigenvalue weighted by atomic mass is 35.5. The van der Waals surface area contributed by atoms with E-state index < -0.39 is 5.91 Å². The third kappa shape index (κ3) is 4.64. The number of aromatic nitrogens is 1. The molecular weight excluding hydrogens is 523 g/mol. The summed E-state index contributed by atoms with van der Waals surface area (Å²) in [5, 5.41) is 2.56. The Labute approximate surface area is 230 Å². The van der Waals surface area contributed by atoms with E-state index in [-0.39, 0.29) is 5.91 Å². The molecule has 0 saturated carbocycles. The highest BCUT2D eigenvalue weighted by Gasteiger charge is 2.28. The van der Waals surface area contributed by atoms with E-state index in [2.05, 4.69) is 9.88 Å². The first kappa shape index (κ1) is 25.2. The molecule has 1 aromatic heterocycles. The van der Waals surface area contributed by atoms with E-state index in [0.717, 1.165) is 79.7 Å². The second-order valence-corrected chi connectivity index (χ2v) is 10.8. The van der Waals surface area contributed by atoms with Crippen molar-refractivity contribution in [2.75, 3.05) is 39.4 Å². The van der Waals surface area contributed by atoms with Gasteiger partial charge in [-0.25, -0.2) is 0 Å². The molecule has 9 heteroatoms. The molecule has 196 valence electrons. The number of piperidine rings is 1. The molecule has 2 saturated heterocycles. The number of H-pyrrole nitrogens is 1. The van der Waals surface area contributed by atoms with E-state index in [1.165, 1.54) is 0 Å². The minimum atomic E-state index is -0.539. The number of carbonyl (C=O) groups is 2. The van der Waals surface area contributed by atoms with Gasteiger partial charge in [0, 0.05) is 54.1 Å². The monoisotopic (exact) mass is 550 g/mol. The number of morpholine rings is 1. The zero-order chi connectivity index (χ0) is 26.4. The van der Waals surface area contributed by atoms with Crippen molar-refractivity contribution >= 4 is 56.8 Å². The molecule has 6 rings (SSSR count). The van der Waals surface area contributed by atoms with Crippen LogP contribution in [0.2, 0.25) is 10.0 Å². The number of amides is 2. The minimum Gasteiger partial charge on any atom is -0.379 e. The quantitative estimate of drug-likeness (QED) is 0.359. The van der Waals surface area contributed by atoms with Gasteiger partial charge in [-0.2, -0.15) is 0 Å². The van der Waals surface area contributed by atoms with Crippen LogP contribution in [-0.4, -0.2) is 72.0 Å². The van der Waals surface area contributed by atoms with Crippen LogP contribution in [0.3, 0.4) is 0 Å². The van der Waals surface area contributed by atoms with Gasteiger partial charge in [-0.1, -0.05) is 29.3 Å². The molecule has 3 N–H and O–H groups in total. The van der Waals surface area contributed by atoms with E-state index in [4.69, 9.17) is 33.7 Å². The normalized spacial score (nSPS) is 17.4. The summed E-state index contributed by atoms with van der Waals surface area (Å²) in [7, 11) is 0. The number of hydrogen-bond donors (Lipinski definition) is 2. The smallest absolute Gasteiger partial charge is 0.253 e. The lowest BCUT2D eigenvalue weighted by Gasteiger charge is -2.40. The molecule has 2 aliphatic heterocycles. The van der Waals surface area contributed by atoms with Gasteiger partial charge in [-0.05, 0) is 66.4 Å². The summed E-state index contributed by atoms with van der Waals surface area (Å²) >= 11 is 12.4. The largest absolute Gasteiger partial charge is 0.379 e. The van der Waals surface area contributed by atoms with Crippen molar-refractivity contribution in [2.45, 2.75) is 18.9 Å². The molecule has 2 amide bonds. The summed E-state index contributed by atoms with van der Waals surface area (Å²) in [6.45, 7) is 4.98. The lowest BCUT2D eigenvalue weighted by atomic mass is 9.98. The number of rotatable bonds is 4. The fraction of sp³-hybridized carbons (Fsp3) is 0.310. The molecule has 0 radical (unpaired) electrons. The van der Waals surface area contributed by atoms with Crippen molar-refractivity contribution in [2.24, 2.45) is 5.73 Å². The Morgan fingerprint density at radius 2 is 1.63 bits per heavy atom. The van der Waals surface area contributed by atoms with Crippen molar-refractivity contribution < 1.29 is 14.3 Å². The van der Waals surface area contributed by atoms with E-state index in [1.807, 2.05) is 35.2 Å². The first-order chi connectivity index (χ1) is 18.4. The van der Waals surface area contributed by atoms with Crippen molar-refractivity contribution in [3.63, 3.8) is 0 Å². The number of nitrogens with two attached hydrogens (primary N) is 1. The molecule has 0 aliphatic carbocycles. The maximum atomic E-state index is 13.5. The van der Waals surface area contributed by atoms with Gasteiger partial charge in [-0.15, -0.1) is 0 Å². The Hall–Kier alpha value is -3.10. The van der Waals surface area contributed by atoms with Crippen LogP contribution in [0.5, 0.6) is 0 Å².